The molecule has 10 nitrogen and oxygen atoms in total. The number of carbonyl (C=O) groups excluding carboxylic acids is 4. The van der Waals surface area contributed by atoms with Crippen LogP contribution in [0.1, 0.15) is 57.8 Å². The third-order valence-corrected chi connectivity index (χ3v) is 8.09. The largest absolute Gasteiger partial charge is 0.497 e. The lowest BCUT2D eigenvalue weighted by atomic mass is 9.93. The number of rotatable bonds is 8. The Kier molecular flexibility index (Phi) is 11.8. The molecule has 0 aromatic heterocycles. The molecule has 0 radical (unpaired) electrons. The van der Waals surface area contributed by atoms with E-state index in [-0.39, 0.29) is 49.9 Å². The van der Waals surface area contributed by atoms with Gasteiger partial charge in [-0.2, -0.15) is 0 Å². The third-order valence-electron chi connectivity index (χ3n) is 8.09. The van der Waals surface area contributed by atoms with E-state index in [4.69, 9.17) is 18.9 Å². The normalized spacial score (nSPS) is 27.9. The summed E-state index contributed by atoms with van der Waals surface area (Å²) in [5.74, 6) is -2.44. The van der Waals surface area contributed by atoms with Gasteiger partial charge < -0.3 is 29.6 Å². The lowest BCUT2D eigenvalue weighted by Crippen LogP contribution is -2.49. The zero-order chi connectivity index (χ0) is 32.5. The van der Waals surface area contributed by atoms with Crippen molar-refractivity contribution in [3.05, 3.63) is 77.9 Å². The number of nitrogens with one attached hydrogen (secondary N) is 2. The molecule has 0 bridgehead atoms. The molecule has 45 heavy (non-hydrogen) atoms. The van der Waals surface area contributed by atoms with E-state index in [1.807, 2.05) is 63.2 Å². The van der Waals surface area contributed by atoms with Gasteiger partial charge in [0.05, 0.1) is 19.1 Å². The maximum atomic E-state index is 13.5. The molecule has 0 spiro atoms. The summed E-state index contributed by atoms with van der Waals surface area (Å²) in [6, 6.07) is 16.1. The molecule has 2 N–H and O–H groups in total. The molecule has 1 fully saturated rings. The van der Waals surface area contributed by atoms with Crippen molar-refractivity contribution < 1.29 is 38.1 Å². The number of amides is 2. The summed E-state index contributed by atoms with van der Waals surface area (Å²) in [5.41, 5.74) is 1.85. The minimum absolute atomic E-state index is 0.0362. The number of cyclic esters (lactones) is 2. The molecule has 242 valence electrons. The van der Waals surface area contributed by atoms with Crippen LogP contribution < -0.4 is 15.4 Å². The van der Waals surface area contributed by atoms with Crippen LogP contribution in [0.2, 0.25) is 0 Å². The number of benzene rings is 2. The van der Waals surface area contributed by atoms with Gasteiger partial charge in [0.1, 0.15) is 24.0 Å². The van der Waals surface area contributed by atoms with Crippen molar-refractivity contribution >= 4 is 23.8 Å². The summed E-state index contributed by atoms with van der Waals surface area (Å²) < 4.78 is 22.9. The van der Waals surface area contributed by atoms with Gasteiger partial charge in [0.2, 0.25) is 11.8 Å². The summed E-state index contributed by atoms with van der Waals surface area (Å²) in [5, 5.41) is 5.53. The number of epoxide rings is 1. The summed E-state index contributed by atoms with van der Waals surface area (Å²) in [4.78, 5) is 52.8. The number of esters is 2. The third kappa shape index (κ3) is 9.65. The van der Waals surface area contributed by atoms with Gasteiger partial charge in [0.25, 0.3) is 0 Å². The molecule has 7 atom stereocenters. The summed E-state index contributed by atoms with van der Waals surface area (Å²) in [6.07, 6.45) is 1.61. The first kappa shape index (κ1) is 33.7. The van der Waals surface area contributed by atoms with Crippen LogP contribution >= 0.6 is 0 Å². The van der Waals surface area contributed by atoms with E-state index < -0.39 is 47.9 Å². The van der Waals surface area contributed by atoms with E-state index in [9.17, 15) is 19.2 Å². The molecule has 10 heteroatoms. The fourth-order valence-electron chi connectivity index (χ4n) is 5.31. The second kappa shape index (κ2) is 15.7. The molecule has 2 amide bonds. The molecular formula is C35H44N2O8. The van der Waals surface area contributed by atoms with Crippen LogP contribution in [0.3, 0.4) is 0 Å². The standard InChI is InChI=1S/C35H44N2O8/c1-21(2)18-29-35(41)43-28(23(4)31-32(45-31)25-10-7-6-8-11-25)12-9-13-30(38)37-27(19-24-14-16-26(42-5)17-15-24)33(39)36-20-22(3)34(40)44-29/h6-11,13-17,21-23,27-29,31-32H,12,18-20H2,1-5H3,(H,36,39)(H,37,38)/b13-9+/t22-,23+,27-,28+,29+,31-,32+/m1/s1. The second-order valence-corrected chi connectivity index (χ2v) is 12.2. The van der Waals surface area contributed by atoms with Crippen LogP contribution in [0.15, 0.2) is 66.7 Å². The van der Waals surface area contributed by atoms with E-state index in [1.165, 1.54) is 6.08 Å². The monoisotopic (exact) mass is 620 g/mol. The van der Waals surface area contributed by atoms with Gasteiger partial charge in [-0.05, 0) is 41.7 Å². The Morgan fingerprint density at radius 3 is 2.31 bits per heavy atom. The first-order valence-electron chi connectivity index (χ1n) is 15.5. The van der Waals surface area contributed by atoms with E-state index in [0.29, 0.717) is 5.75 Å². The predicted octanol–water partition coefficient (Wildman–Crippen LogP) is 4.08. The molecule has 2 aliphatic heterocycles. The molecule has 0 unspecified atom stereocenters. The minimum atomic E-state index is -1.11. The van der Waals surface area contributed by atoms with Gasteiger partial charge in [-0.25, -0.2) is 4.79 Å². The van der Waals surface area contributed by atoms with Crippen molar-refractivity contribution in [2.45, 2.75) is 77.4 Å². The van der Waals surface area contributed by atoms with Crippen LogP contribution in [0.4, 0.5) is 0 Å². The molecule has 4 rings (SSSR count). The number of carbonyl (C=O) groups is 4. The van der Waals surface area contributed by atoms with E-state index in [1.54, 1.807) is 32.2 Å². The Morgan fingerprint density at radius 2 is 1.64 bits per heavy atom. The lowest BCUT2D eigenvalue weighted by Gasteiger charge is -2.27. The van der Waals surface area contributed by atoms with Gasteiger partial charge >= 0.3 is 11.9 Å². The molecule has 2 heterocycles. The molecule has 0 saturated carbocycles. The highest BCUT2D eigenvalue weighted by atomic mass is 16.6. The average molecular weight is 621 g/mol. The van der Waals surface area contributed by atoms with Crippen LogP contribution in [0.25, 0.3) is 0 Å². The lowest BCUT2D eigenvalue weighted by molar-refractivity contribution is -0.176. The highest BCUT2D eigenvalue weighted by Gasteiger charge is 2.47. The van der Waals surface area contributed by atoms with E-state index >= 15 is 0 Å². The van der Waals surface area contributed by atoms with Gasteiger partial charge in [-0.1, -0.05) is 76.2 Å². The van der Waals surface area contributed by atoms with Crippen LogP contribution in [0, 0.1) is 17.8 Å². The summed E-state index contributed by atoms with van der Waals surface area (Å²) in [6.45, 7) is 7.37. The Labute approximate surface area is 264 Å². The highest BCUT2D eigenvalue weighted by Crippen LogP contribution is 2.45. The Balaban J connectivity index is 1.57. The molecule has 2 aliphatic rings. The minimum Gasteiger partial charge on any atom is -0.497 e. The Morgan fingerprint density at radius 1 is 0.933 bits per heavy atom. The molecule has 2 aromatic carbocycles. The maximum Gasteiger partial charge on any atom is 0.347 e. The second-order valence-electron chi connectivity index (χ2n) is 12.2. The van der Waals surface area contributed by atoms with Gasteiger partial charge in [0.15, 0.2) is 6.10 Å². The number of hydrogen-bond acceptors (Lipinski definition) is 8. The van der Waals surface area contributed by atoms with Gasteiger partial charge in [-0.15, -0.1) is 0 Å². The Hall–Kier alpha value is -4.18. The maximum absolute atomic E-state index is 13.5. The zero-order valence-corrected chi connectivity index (χ0v) is 26.6. The summed E-state index contributed by atoms with van der Waals surface area (Å²) in [7, 11) is 1.57. The van der Waals surface area contributed by atoms with E-state index in [2.05, 4.69) is 10.6 Å². The topological polar surface area (TPSA) is 133 Å². The molecule has 0 aliphatic carbocycles. The molecule has 2 aromatic rings. The Bertz CT molecular complexity index is 1340. The van der Waals surface area contributed by atoms with Crippen molar-refractivity contribution in [3.63, 3.8) is 0 Å². The van der Waals surface area contributed by atoms with Crippen LogP contribution in [-0.4, -0.2) is 61.8 Å². The first-order chi connectivity index (χ1) is 21.5. The molecule has 1 saturated heterocycles. The number of ether oxygens (including phenoxy) is 4. The van der Waals surface area contributed by atoms with Crippen molar-refractivity contribution in [1.82, 2.24) is 10.6 Å². The van der Waals surface area contributed by atoms with Crippen molar-refractivity contribution in [2.24, 2.45) is 17.8 Å². The fraction of sp³-hybridized carbons (Fsp3) is 0.486. The van der Waals surface area contributed by atoms with Crippen molar-refractivity contribution in [2.75, 3.05) is 13.7 Å². The van der Waals surface area contributed by atoms with Crippen LogP contribution in [-0.2, 0) is 39.8 Å². The number of hydrogen-bond donors (Lipinski definition) is 2. The first-order valence-corrected chi connectivity index (χ1v) is 15.5. The zero-order valence-electron chi connectivity index (χ0n) is 26.6. The molecular weight excluding hydrogens is 576 g/mol. The quantitative estimate of drug-likeness (QED) is 0.333. The predicted molar refractivity (Wildman–Crippen MR) is 167 cm³/mol. The summed E-state index contributed by atoms with van der Waals surface area (Å²) >= 11 is 0. The van der Waals surface area contributed by atoms with Gasteiger partial charge in [0, 0.05) is 25.3 Å². The smallest absolute Gasteiger partial charge is 0.347 e. The number of methoxy groups -OCH3 is 1. The fourth-order valence-corrected chi connectivity index (χ4v) is 5.31. The van der Waals surface area contributed by atoms with Crippen molar-refractivity contribution in [3.8, 4) is 5.75 Å². The van der Waals surface area contributed by atoms with E-state index in [0.717, 1.165) is 11.1 Å². The average Bonchev–Trinajstić information content (AvgIpc) is 3.83. The van der Waals surface area contributed by atoms with Crippen LogP contribution in [0.5, 0.6) is 5.75 Å². The van der Waals surface area contributed by atoms with Crippen molar-refractivity contribution in [1.29, 1.82) is 0 Å². The van der Waals surface area contributed by atoms with Gasteiger partial charge in [-0.3, -0.25) is 14.4 Å². The SMILES string of the molecule is COc1ccc(C[C@H]2NC(=O)/C=C/C[C@@H]([C@H](C)[C@H]3O[C@H]3c3ccccc3)OC(=O)[C@H](CC(C)C)OC(=O)[C@H](C)CNC2=O)cc1. The highest BCUT2D eigenvalue weighted by molar-refractivity contribution is 5.93.